The second kappa shape index (κ2) is 48.0. The minimum Gasteiger partial charge on any atom is -0.466 e. The van der Waals surface area contributed by atoms with Crippen molar-refractivity contribution in [1.82, 2.24) is 4.90 Å². The lowest BCUT2D eigenvalue weighted by atomic mass is 9.98. The smallest absolute Gasteiger partial charge is 0.305 e. The Hall–Kier alpha value is -3.18. The van der Waals surface area contributed by atoms with Gasteiger partial charge in [0.25, 0.3) is 0 Å². The number of esters is 1. The Morgan fingerprint density at radius 2 is 0.773 bits per heavy atom. The molecule has 9 nitrogen and oxygen atoms in total. The lowest BCUT2D eigenvalue weighted by Gasteiger charge is -2.25. The monoisotopic (exact) mass is 1050 g/mol. The van der Waals surface area contributed by atoms with Crippen molar-refractivity contribution in [2.45, 2.75) is 232 Å². The Morgan fingerprint density at radius 3 is 1.08 bits per heavy atom. The standard InChI is InChI=1S/C41H75NO5.C25H42O3/c1-10-11-12-13-16-27-42(29-18-19-30-43)28-17-14-15-20-31-45-40(44)25-26-41(46-32-38(36(6)7)23-21-34(2)3)47-33-39(37(8)9)24-22-35(4)5;1-18(2)10-13-23(20(5)6)16-27-25(15-12-22(9)26)28-17-24(21(7)8)14-11-19(3)4/h21-22,38-39,41,43H,6,8,10-20,23-33H2,1-5,7,9H3;10-11,23-25H,5,7,12-17H2,1-4,6,8-9H3. The number of carbonyl (C=O) groups excluding carboxylic acids is 2. The summed E-state index contributed by atoms with van der Waals surface area (Å²) in [6.45, 7) is 51.6. The molecule has 0 radical (unpaired) electrons. The van der Waals surface area contributed by atoms with E-state index in [0.29, 0.717) is 52.3 Å². The summed E-state index contributed by atoms with van der Waals surface area (Å²) in [4.78, 5) is 26.7. The Kier molecular flexibility index (Phi) is 47.3. The highest BCUT2D eigenvalue weighted by atomic mass is 16.7. The van der Waals surface area contributed by atoms with Gasteiger partial charge in [-0.05, 0) is 167 Å². The normalized spacial score (nSPS) is 13.5. The van der Waals surface area contributed by atoms with Crippen molar-refractivity contribution >= 4 is 11.8 Å². The number of aliphatic hydroxyl groups excluding tert-OH is 1. The lowest BCUT2D eigenvalue weighted by molar-refractivity contribution is -0.165. The molecule has 0 saturated heterocycles. The average molecular weight is 1050 g/mol. The number of Topliss-reactive ketones (excluding diaryl/α,β-unsaturated/α-hetero) is 1. The molecule has 0 aliphatic rings. The fourth-order valence-corrected chi connectivity index (χ4v) is 7.81. The number of carbonyl (C=O) groups is 2. The maximum Gasteiger partial charge on any atom is 0.305 e. The number of rotatable bonds is 47. The predicted octanol–water partition coefficient (Wildman–Crippen LogP) is 17.2. The third-order valence-corrected chi connectivity index (χ3v) is 13.4. The van der Waals surface area contributed by atoms with Crippen LogP contribution in [0.5, 0.6) is 0 Å². The fourth-order valence-electron chi connectivity index (χ4n) is 7.81. The van der Waals surface area contributed by atoms with E-state index in [1.807, 2.05) is 27.7 Å². The number of hydrogen-bond donors (Lipinski definition) is 1. The predicted molar refractivity (Wildman–Crippen MR) is 321 cm³/mol. The molecule has 0 bridgehead atoms. The number of hydrogen-bond acceptors (Lipinski definition) is 9. The molecule has 9 heteroatoms. The van der Waals surface area contributed by atoms with Crippen LogP contribution in [0.1, 0.15) is 219 Å². The van der Waals surface area contributed by atoms with Crippen LogP contribution in [0.25, 0.3) is 0 Å². The van der Waals surface area contributed by atoms with E-state index in [1.165, 1.54) is 54.4 Å². The van der Waals surface area contributed by atoms with Crippen molar-refractivity contribution in [2.75, 3.05) is 59.3 Å². The van der Waals surface area contributed by atoms with Crippen LogP contribution in [0.3, 0.4) is 0 Å². The van der Waals surface area contributed by atoms with Crippen LogP contribution in [0, 0.1) is 23.7 Å². The van der Waals surface area contributed by atoms with E-state index >= 15 is 0 Å². The van der Waals surface area contributed by atoms with E-state index in [4.69, 9.17) is 28.8 Å². The summed E-state index contributed by atoms with van der Waals surface area (Å²) >= 11 is 0. The third-order valence-electron chi connectivity index (χ3n) is 13.4. The first-order chi connectivity index (χ1) is 35.5. The Morgan fingerprint density at radius 1 is 0.453 bits per heavy atom. The molecule has 0 fully saturated rings. The largest absolute Gasteiger partial charge is 0.466 e. The molecule has 0 rings (SSSR count). The molecule has 0 aliphatic carbocycles. The van der Waals surface area contributed by atoms with Crippen molar-refractivity contribution in [3.05, 3.63) is 95.2 Å². The maximum atomic E-state index is 12.7. The minimum atomic E-state index is -0.489. The molecule has 75 heavy (non-hydrogen) atoms. The summed E-state index contributed by atoms with van der Waals surface area (Å²) < 4.78 is 30.4. The molecule has 434 valence electrons. The molecule has 0 aliphatic heterocycles. The molecule has 0 aromatic carbocycles. The van der Waals surface area contributed by atoms with Crippen molar-refractivity contribution in [2.24, 2.45) is 23.7 Å². The summed E-state index contributed by atoms with van der Waals surface area (Å²) in [6.07, 6.45) is 26.0. The zero-order chi connectivity index (χ0) is 57.0. The van der Waals surface area contributed by atoms with Gasteiger partial charge in [0.05, 0.1) is 39.5 Å². The summed E-state index contributed by atoms with van der Waals surface area (Å²) in [6, 6.07) is 0. The van der Waals surface area contributed by atoms with Crippen LogP contribution in [0.4, 0.5) is 0 Å². The second-order valence-electron chi connectivity index (χ2n) is 22.5. The minimum absolute atomic E-state index is 0.152. The van der Waals surface area contributed by atoms with E-state index in [2.05, 4.69) is 118 Å². The van der Waals surface area contributed by atoms with Gasteiger partial charge in [-0.2, -0.15) is 0 Å². The van der Waals surface area contributed by atoms with Gasteiger partial charge in [-0.1, -0.05) is 141 Å². The van der Waals surface area contributed by atoms with Crippen LogP contribution >= 0.6 is 0 Å². The van der Waals surface area contributed by atoms with Gasteiger partial charge in [0.2, 0.25) is 0 Å². The summed E-state index contributed by atoms with van der Waals surface area (Å²) in [7, 11) is 0. The molecule has 4 unspecified atom stereocenters. The van der Waals surface area contributed by atoms with E-state index in [-0.39, 0.29) is 54.7 Å². The molecule has 0 spiro atoms. The molecule has 1 N–H and O–H groups in total. The van der Waals surface area contributed by atoms with Crippen LogP contribution in [-0.2, 0) is 33.3 Å². The van der Waals surface area contributed by atoms with Gasteiger partial charge in [0.15, 0.2) is 12.6 Å². The fraction of sp³-hybridized carbons (Fsp3) is 0.727. The Bertz CT molecular complexity index is 1590. The molecule has 0 saturated carbocycles. The Balaban J connectivity index is 0. The van der Waals surface area contributed by atoms with Crippen LogP contribution in [0.2, 0.25) is 0 Å². The van der Waals surface area contributed by atoms with Crippen LogP contribution < -0.4 is 0 Å². The number of ether oxygens (including phenoxy) is 5. The lowest BCUT2D eigenvalue weighted by Crippen LogP contribution is -2.27. The first-order valence-electron chi connectivity index (χ1n) is 29.1. The third kappa shape index (κ3) is 46.6. The molecule has 0 aromatic rings. The SMILES string of the molecule is C=C(C)C(CC=C(C)C)COC(CCC(=O)OCCCCCCN(CCCCO)CCCCCCC)OCC(CC=C(C)C)C(=C)C.C=C(C)C(CC=C(C)C)COC(CCC(C)=O)OCC(CC=C(C)C)C(=C)C. The van der Waals surface area contributed by atoms with Gasteiger partial charge in [0, 0.05) is 49.5 Å². The highest BCUT2D eigenvalue weighted by molar-refractivity contribution is 5.75. The van der Waals surface area contributed by atoms with Crippen LogP contribution in [0.15, 0.2) is 95.2 Å². The van der Waals surface area contributed by atoms with Gasteiger partial charge >= 0.3 is 5.97 Å². The first-order valence-corrected chi connectivity index (χ1v) is 29.1. The number of ketones is 1. The molecule has 4 atom stereocenters. The molecule has 0 aromatic heterocycles. The Labute approximate surface area is 462 Å². The zero-order valence-electron chi connectivity index (χ0n) is 51.2. The number of allylic oxidation sites excluding steroid dienone is 8. The average Bonchev–Trinajstić information content (AvgIpc) is 3.32. The molecular weight excluding hydrogens is 935 g/mol. The summed E-state index contributed by atoms with van der Waals surface area (Å²) in [5.74, 6) is 0.858. The van der Waals surface area contributed by atoms with Crippen LogP contribution in [-0.4, -0.2) is 93.6 Å². The molecular formula is C66H117NO8. The quantitative estimate of drug-likeness (QED) is 0.0276. The highest BCUT2D eigenvalue weighted by Gasteiger charge is 2.21. The summed E-state index contributed by atoms with van der Waals surface area (Å²) in [5, 5.41) is 9.16. The second-order valence-corrected chi connectivity index (χ2v) is 22.5. The van der Waals surface area contributed by atoms with E-state index in [1.54, 1.807) is 6.92 Å². The van der Waals surface area contributed by atoms with Crippen molar-refractivity contribution in [3.63, 3.8) is 0 Å². The van der Waals surface area contributed by atoms with Gasteiger partial charge in [0.1, 0.15) is 5.78 Å². The van der Waals surface area contributed by atoms with Gasteiger partial charge in [-0.3, -0.25) is 4.79 Å². The van der Waals surface area contributed by atoms with Crippen molar-refractivity contribution in [1.29, 1.82) is 0 Å². The van der Waals surface area contributed by atoms with E-state index < -0.39 is 6.29 Å². The molecule has 0 amide bonds. The number of unbranched alkanes of at least 4 members (excludes halogenated alkanes) is 8. The summed E-state index contributed by atoms with van der Waals surface area (Å²) in [5.41, 5.74) is 9.51. The van der Waals surface area contributed by atoms with Gasteiger partial charge in [-0.25, -0.2) is 0 Å². The van der Waals surface area contributed by atoms with Gasteiger partial charge in [-0.15, -0.1) is 0 Å². The van der Waals surface area contributed by atoms with Crippen molar-refractivity contribution in [3.8, 4) is 0 Å². The maximum absolute atomic E-state index is 12.7. The van der Waals surface area contributed by atoms with Gasteiger partial charge < -0.3 is 38.5 Å². The topological polar surface area (TPSA) is 104 Å². The molecule has 0 heterocycles. The van der Waals surface area contributed by atoms with E-state index in [9.17, 15) is 9.59 Å². The van der Waals surface area contributed by atoms with E-state index in [0.717, 1.165) is 106 Å². The highest BCUT2D eigenvalue weighted by Crippen LogP contribution is 2.23. The van der Waals surface area contributed by atoms with Crippen molar-refractivity contribution < 1.29 is 38.4 Å². The number of aliphatic hydroxyl groups is 1. The number of nitrogens with zero attached hydrogens (tertiary/aromatic N) is 1. The first kappa shape index (κ1) is 73.9. The zero-order valence-corrected chi connectivity index (χ0v) is 51.2.